The third-order valence-electron chi connectivity index (χ3n) is 4.90. The molecule has 2 heterocycles. The van der Waals surface area contributed by atoms with Gasteiger partial charge in [-0.05, 0) is 50.1 Å². The summed E-state index contributed by atoms with van der Waals surface area (Å²) in [5, 5.41) is 12.7. The molecule has 1 aliphatic heterocycles. The zero-order chi connectivity index (χ0) is 16.3. The third-order valence-corrected chi connectivity index (χ3v) is 4.90. The van der Waals surface area contributed by atoms with Gasteiger partial charge in [0, 0.05) is 26.2 Å². The number of hydrogen-bond donors (Lipinski definition) is 0. The summed E-state index contributed by atoms with van der Waals surface area (Å²) in [7, 11) is 2.19. The molecule has 0 N–H and O–H groups in total. The van der Waals surface area contributed by atoms with Gasteiger partial charge in [-0.15, -0.1) is 5.10 Å². The number of rotatable bonds is 6. The van der Waals surface area contributed by atoms with Crippen molar-refractivity contribution >= 4 is 0 Å². The molecular weight excluding hydrogens is 276 g/mol. The molecule has 0 saturated carbocycles. The second-order valence-electron chi connectivity index (χ2n) is 7.60. The Morgan fingerprint density at radius 2 is 1.77 bits per heavy atom. The van der Waals surface area contributed by atoms with E-state index >= 15 is 0 Å². The van der Waals surface area contributed by atoms with Crippen molar-refractivity contribution in [1.82, 2.24) is 30.0 Å². The maximum atomic E-state index is 4.42. The van der Waals surface area contributed by atoms with Crippen LogP contribution in [0.1, 0.15) is 59.3 Å². The number of piperazine rings is 1. The van der Waals surface area contributed by atoms with E-state index in [9.17, 15) is 0 Å². The van der Waals surface area contributed by atoms with Crippen LogP contribution < -0.4 is 0 Å². The van der Waals surface area contributed by atoms with E-state index in [1.807, 2.05) is 0 Å². The first-order valence-electron chi connectivity index (χ1n) is 8.56. The predicted octanol–water partition coefficient (Wildman–Crippen LogP) is 2.15. The highest BCUT2D eigenvalue weighted by atomic mass is 15.6. The molecule has 0 radical (unpaired) electrons. The molecule has 0 amide bonds. The minimum absolute atomic E-state index is 0.0410. The molecule has 1 fully saturated rings. The average Bonchev–Trinajstić information content (AvgIpc) is 2.95. The van der Waals surface area contributed by atoms with Crippen molar-refractivity contribution in [2.45, 2.75) is 59.0 Å². The van der Waals surface area contributed by atoms with Crippen molar-refractivity contribution in [3.05, 3.63) is 5.82 Å². The highest BCUT2D eigenvalue weighted by Crippen LogP contribution is 2.30. The monoisotopic (exact) mass is 308 g/mol. The van der Waals surface area contributed by atoms with E-state index in [1.165, 1.54) is 0 Å². The van der Waals surface area contributed by atoms with Gasteiger partial charge in [0.1, 0.15) is 0 Å². The second kappa shape index (κ2) is 7.04. The van der Waals surface area contributed by atoms with Gasteiger partial charge in [-0.2, -0.15) is 0 Å². The topological polar surface area (TPSA) is 50.1 Å². The normalized spacial score (nSPS) is 19.8. The summed E-state index contributed by atoms with van der Waals surface area (Å²) < 4.78 is 2.05. The smallest absolute Gasteiger partial charge is 0.168 e. The first-order chi connectivity index (χ1) is 10.3. The van der Waals surface area contributed by atoms with Crippen molar-refractivity contribution < 1.29 is 0 Å². The number of tetrazole rings is 1. The molecule has 0 bridgehead atoms. The Morgan fingerprint density at radius 1 is 1.14 bits per heavy atom. The van der Waals surface area contributed by atoms with Crippen LogP contribution in [0.3, 0.4) is 0 Å². The van der Waals surface area contributed by atoms with Gasteiger partial charge in [-0.25, -0.2) is 4.68 Å². The van der Waals surface area contributed by atoms with Crippen molar-refractivity contribution in [2.24, 2.45) is 5.92 Å². The number of nitrogens with zero attached hydrogens (tertiary/aromatic N) is 6. The molecule has 2 rings (SSSR count). The summed E-state index contributed by atoms with van der Waals surface area (Å²) in [5.74, 6) is 1.66. The van der Waals surface area contributed by atoms with Gasteiger partial charge in [0.25, 0.3) is 0 Å². The molecule has 1 aromatic heterocycles. The first-order valence-corrected chi connectivity index (χ1v) is 8.56. The van der Waals surface area contributed by atoms with E-state index in [0.29, 0.717) is 12.0 Å². The zero-order valence-corrected chi connectivity index (χ0v) is 15.1. The van der Waals surface area contributed by atoms with Crippen molar-refractivity contribution in [3.8, 4) is 0 Å². The van der Waals surface area contributed by atoms with E-state index < -0.39 is 0 Å². The summed E-state index contributed by atoms with van der Waals surface area (Å²) >= 11 is 0. The maximum absolute atomic E-state index is 4.42. The second-order valence-corrected chi connectivity index (χ2v) is 7.60. The number of aromatic nitrogens is 4. The quantitative estimate of drug-likeness (QED) is 0.806. The SMILES string of the molecule is CCC(C)(C)n1nnnc1C(CC(C)C)N1CCN(C)CC1. The molecule has 0 spiro atoms. The van der Waals surface area contributed by atoms with Crippen molar-refractivity contribution in [2.75, 3.05) is 33.2 Å². The van der Waals surface area contributed by atoms with Gasteiger partial charge >= 0.3 is 0 Å². The lowest BCUT2D eigenvalue weighted by molar-refractivity contribution is 0.0892. The summed E-state index contributed by atoms with van der Waals surface area (Å²) in [6.45, 7) is 15.6. The molecule has 22 heavy (non-hydrogen) atoms. The highest BCUT2D eigenvalue weighted by molar-refractivity contribution is 4.98. The van der Waals surface area contributed by atoms with Crippen LogP contribution in [0.25, 0.3) is 0 Å². The summed E-state index contributed by atoms with van der Waals surface area (Å²) in [4.78, 5) is 4.95. The predicted molar refractivity (Wildman–Crippen MR) is 88.7 cm³/mol. The largest absolute Gasteiger partial charge is 0.304 e. The Kier molecular flexibility index (Phi) is 5.55. The van der Waals surface area contributed by atoms with Gasteiger partial charge in [0.15, 0.2) is 5.82 Å². The van der Waals surface area contributed by atoms with Gasteiger partial charge in [-0.3, -0.25) is 4.90 Å². The van der Waals surface area contributed by atoms with E-state index in [-0.39, 0.29) is 5.54 Å². The molecular formula is C16H32N6. The van der Waals surface area contributed by atoms with E-state index in [4.69, 9.17) is 0 Å². The molecule has 1 unspecified atom stereocenters. The van der Waals surface area contributed by atoms with Gasteiger partial charge in [0.2, 0.25) is 0 Å². The third kappa shape index (κ3) is 3.84. The first kappa shape index (κ1) is 17.3. The highest BCUT2D eigenvalue weighted by Gasteiger charge is 2.32. The van der Waals surface area contributed by atoms with Gasteiger partial charge in [-0.1, -0.05) is 20.8 Å². The van der Waals surface area contributed by atoms with Crippen LogP contribution in [-0.2, 0) is 5.54 Å². The Morgan fingerprint density at radius 3 is 2.32 bits per heavy atom. The van der Waals surface area contributed by atoms with Crippen molar-refractivity contribution in [1.29, 1.82) is 0 Å². The molecule has 0 aliphatic carbocycles. The minimum atomic E-state index is -0.0410. The van der Waals surface area contributed by atoms with E-state index in [0.717, 1.165) is 44.8 Å². The Bertz CT molecular complexity index is 459. The van der Waals surface area contributed by atoms with Crippen LogP contribution in [0.5, 0.6) is 0 Å². The van der Waals surface area contributed by atoms with Crippen LogP contribution in [0, 0.1) is 5.92 Å². The molecule has 1 saturated heterocycles. The van der Waals surface area contributed by atoms with Gasteiger partial charge < -0.3 is 4.90 Å². The lowest BCUT2D eigenvalue weighted by atomic mass is 9.98. The summed E-state index contributed by atoms with van der Waals surface area (Å²) in [6, 6.07) is 0.314. The summed E-state index contributed by atoms with van der Waals surface area (Å²) in [6.07, 6.45) is 2.12. The summed E-state index contributed by atoms with van der Waals surface area (Å²) in [5.41, 5.74) is -0.0410. The molecule has 1 atom stereocenters. The minimum Gasteiger partial charge on any atom is -0.304 e. The zero-order valence-electron chi connectivity index (χ0n) is 15.1. The molecule has 6 heteroatoms. The number of likely N-dealkylation sites (N-methyl/N-ethyl adjacent to an activating group) is 1. The Labute approximate surface area is 134 Å². The average molecular weight is 308 g/mol. The van der Waals surface area contributed by atoms with Crippen LogP contribution in [0.15, 0.2) is 0 Å². The fourth-order valence-corrected chi connectivity index (χ4v) is 2.98. The van der Waals surface area contributed by atoms with Crippen LogP contribution in [0.4, 0.5) is 0 Å². The molecule has 1 aliphatic rings. The molecule has 1 aromatic rings. The van der Waals surface area contributed by atoms with Crippen molar-refractivity contribution in [3.63, 3.8) is 0 Å². The Hall–Kier alpha value is -1.01. The van der Waals surface area contributed by atoms with Crippen LogP contribution in [0.2, 0.25) is 0 Å². The molecule has 6 nitrogen and oxygen atoms in total. The standard InChI is InChI=1S/C16H32N6/c1-7-16(4,5)22-15(17-18-19-22)14(12-13(2)3)21-10-8-20(6)9-11-21/h13-14H,7-12H2,1-6H3. The van der Waals surface area contributed by atoms with E-state index in [1.54, 1.807) is 0 Å². The van der Waals surface area contributed by atoms with E-state index in [2.05, 4.69) is 71.7 Å². The lowest BCUT2D eigenvalue weighted by Gasteiger charge is -2.39. The number of hydrogen-bond acceptors (Lipinski definition) is 5. The fourth-order valence-electron chi connectivity index (χ4n) is 2.98. The fraction of sp³-hybridized carbons (Fsp3) is 0.938. The Balaban J connectivity index is 2.28. The lowest BCUT2D eigenvalue weighted by Crippen LogP contribution is -2.47. The van der Waals surface area contributed by atoms with Crippen LogP contribution in [-0.4, -0.2) is 63.2 Å². The van der Waals surface area contributed by atoms with Crippen LogP contribution >= 0.6 is 0 Å². The maximum Gasteiger partial charge on any atom is 0.168 e. The van der Waals surface area contributed by atoms with Gasteiger partial charge in [0.05, 0.1) is 11.6 Å². The molecule has 126 valence electrons. The molecule has 0 aromatic carbocycles.